The van der Waals surface area contributed by atoms with Crippen LogP contribution < -0.4 is 4.74 Å². The molecule has 2 aromatic carbocycles. The molecule has 3 nitrogen and oxygen atoms in total. The number of hydrogen-bond acceptors (Lipinski definition) is 3. The molecule has 0 amide bonds. The number of hydrogen-bond donors (Lipinski definition) is 0. The Bertz CT molecular complexity index is 561. The maximum absolute atomic E-state index is 5.24. The van der Waals surface area contributed by atoms with Crippen molar-refractivity contribution in [3.63, 3.8) is 0 Å². The van der Waals surface area contributed by atoms with Gasteiger partial charge in [-0.1, -0.05) is 48.5 Å². The van der Waals surface area contributed by atoms with Crippen LogP contribution in [0.3, 0.4) is 0 Å². The molecule has 0 bridgehead atoms. The Hall–Kier alpha value is -2.29. The van der Waals surface area contributed by atoms with Gasteiger partial charge in [0.2, 0.25) is 0 Å². The molecule has 0 aromatic heterocycles. The van der Waals surface area contributed by atoms with Crippen LogP contribution in [0.5, 0.6) is 5.75 Å². The second-order valence-electron chi connectivity index (χ2n) is 4.38. The zero-order valence-corrected chi connectivity index (χ0v) is 11.8. The summed E-state index contributed by atoms with van der Waals surface area (Å²) in [6, 6.07) is 15.8. The number of methoxy groups -OCH3 is 1. The van der Waals surface area contributed by atoms with Gasteiger partial charge in [0.15, 0.2) is 0 Å². The van der Waals surface area contributed by atoms with Crippen LogP contribution in [-0.4, -0.2) is 13.3 Å². The van der Waals surface area contributed by atoms with Gasteiger partial charge in [0.05, 0.1) is 7.11 Å². The summed E-state index contributed by atoms with van der Waals surface area (Å²) in [6.45, 7) is 2.53. The van der Waals surface area contributed by atoms with E-state index in [9.17, 15) is 0 Å². The van der Waals surface area contributed by atoms with E-state index in [1.165, 1.54) is 5.56 Å². The average Bonchev–Trinajstić information content (AvgIpc) is 2.52. The van der Waals surface area contributed by atoms with Gasteiger partial charge >= 0.3 is 0 Å². The molecule has 20 heavy (non-hydrogen) atoms. The Balaban J connectivity index is 1.86. The predicted octanol–water partition coefficient (Wildman–Crippen LogP) is 3.69. The van der Waals surface area contributed by atoms with Gasteiger partial charge in [-0.25, -0.2) is 0 Å². The minimum atomic E-state index is 0.400. The molecule has 0 aliphatic rings. The van der Waals surface area contributed by atoms with Crippen molar-refractivity contribution in [2.75, 3.05) is 7.11 Å². The lowest BCUT2D eigenvalue weighted by Crippen LogP contribution is -1.90. The van der Waals surface area contributed by atoms with Gasteiger partial charge < -0.3 is 9.57 Å². The van der Waals surface area contributed by atoms with Crippen molar-refractivity contribution < 1.29 is 9.57 Å². The van der Waals surface area contributed by atoms with Crippen LogP contribution >= 0.6 is 0 Å². The van der Waals surface area contributed by atoms with Crippen molar-refractivity contribution in [2.24, 2.45) is 5.16 Å². The topological polar surface area (TPSA) is 30.8 Å². The third-order valence-electron chi connectivity index (χ3n) is 2.97. The molecule has 0 saturated carbocycles. The molecule has 0 unspecified atom stereocenters. The van der Waals surface area contributed by atoms with E-state index in [4.69, 9.17) is 9.57 Å². The number of rotatable bonds is 6. The summed E-state index contributed by atoms with van der Waals surface area (Å²) in [5, 5.41) is 3.86. The zero-order valence-electron chi connectivity index (χ0n) is 11.8. The summed E-state index contributed by atoms with van der Waals surface area (Å²) in [4.78, 5) is 5.24. The molecule has 0 heterocycles. The zero-order chi connectivity index (χ0) is 14.2. The third kappa shape index (κ3) is 4.12. The summed E-state index contributed by atoms with van der Waals surface area (Å²) in [5.74, 6) is 0.814. The SMILES string of the molecule is CCc1ccc(/[C]=N\OCc2cccc(OC)c2)cc1. The Labute approximate surface area is 119 Å². The lowest BCUT2D eigenvalue weighted by Gasteiger charge is -2.03. The van der Waals surface area contributed by atoms with Crippen molar-refractivity contribution in [2.45, 2.75) is 20.0 Å². The van der Waals surface area contributed by atoms with Crippen LogP contribution in [0.25, 0.3) is 0 Å². The average molecular weight is 268 g/mol. The van der Waals surface area contributed by atoms with E-state index < -0.39 is 0 Å². The first-order chi connectivity index (χ1) is 9.81. The Morgan fingerprint density at radius 2 is 1.85 bits per heavy atom. The summed E-state index contributed by atoms with van der Waals surface area (Å²) in [5.41, 5.74) is 3.22. The van der Waals surface area contributed by atoms with Crippen LogP contribution in [0.1, 0.15) is 23.6 Å². The van der Waals surface area contributed by atoms with Gasteiger partial charge in [0, 0.05) is 5.56 Å². The van der Waals surface area contributed by atoms with E-state index >= 15 is 0 Å². The Kier molecular flexibility index (Phi) is 5.18. The molecule has 2 aromatic rings. The summed E-state index contributed by atoms with van der Waals surface area (Å²) in [7, 11) is 1.64. The fourth-order valence-corrected chi connectivity index (χ4v) is 1.77. The lowest BCUT2D eigenvalue weighted by atomic mass is 10.1. The number of nitrogens with zero attached hydrogens (tertiary/aromatic N) is 1. The van der Waals surface area contributed by atoms with Crippen molar-refractivity contribution in [1.29, 1.82) is 0 Å². The highest BCUT2D eigenvalue weighted by Crippen LogP contribution is 2.13. The quantitative estimate of drug-likeness (QED) is 0.591. The van der Waals surface area contributed by atoms with E-state index in [1.54, 1.807) is 7.11 Å². The van der Waals surface area contributed by atoms with Gasteiger partial charge in [-0.05, 0) is 29.7 Å². The standard InChI is InChI=1S/C17H18NO2/c1-3-14-7-9-15(10-8-14)12-18-20-13-16-5-4-6-17(11-16)19-2/h4-11H,3,13H2,1-2H3. The van der Waals surface area contributed by atoms with Crippen LogP contribution in [-0.2, 0) is 17.9 Å². The summed E-state index contributed by atoms with van der Waals surface area (Å²) < 4.78 is 5.15. The molecule has 0 saturated heterocycles. The minimum Gasteiger partial charge on any atom is -0.497 e. The second kappa shape index (κ2) is 7.34. The summed E-state index contributed by atoms with van der Waals surface area (Å²) in [6.07, 6.45) is 3.90. The lowest BCUT2D eigenvalue weighted by molar-refractivity contribution is 0.132. The molecule has 0 aliphatic carbocycles. The van der Waals surface area contributed by atoms with Crippen molar-refractivity contribution in [3.8, 4) is 5.75 Å². The molecule has 0 N–H and O–H groups in total. The fourth-order valence-electron chi connectivity index (χ4n) is 1.77. The molecule has 0 spiro atoms. The third-order valence-corrected chi connectivity index (χ3v) is 2.97. The first kappa shape index (κ1) is 14.1. The molecule has 0 fully saturated rings. The molecular weight excluding hydrogens is 250 g/mol. The van der Waals surface area contributed by atoms with Gasteiger partial charge in [0.1, 0.15) is 18.6 Å². The van der Waals surface area contributed by atoms with Gasteiger partial charge in [-0.15, -0.1) is 0 Å². The van der Waals surface area contributed by atoms with E-state index in [0.717, 1.165) is 23.3 Å². The fraction of sp³-hybridized carbons (Fsp3) is 0.235. The predicted molar refractivity (Wildman–Crippen MR) is 80.1 cm³/mol. The molecule has 1 radical (unpaired) electrons. The molecule has 3 heteroatoms. The van der Waals surface area contributed by atoms with Crippen molar-refractivity contribution in [3.05, 3.63) is 65.2 Å². The van der Waals surface area contributed by atoms with Gasteiger partial charge in [-0.3, -0.25) is 0 Å². The maximum atomic E-state index is 5.24. The Morgan fingerprint density at radius 3 is 2.55 bits per heavy atom. The van der Waals surface area contributed by atoms with Crippen molar-refractivity contribution >= 4 is 6.21 Å². The second-order valence-corrected chi connectivity index (χ2v) is 4.38. The van der Waals surface area contributed by atoms with Gasteiger partial charge in [0.25, 0.3) is 0 Å². The minimum absolute atomic E-state index is 0.400. The summed E-state index contributed by atoms with van der Waals surface area (Å²) >= 11 is 0. The number of ether oxygens (including phenoxy) is 1. The highest BCUT2D eigenvalue weighted by Gasteiger charge is 1.96. The number of benzene rings is 2. The van der Waals surface area contributed by atoms with E-state index in [1.807, 2.05) is 36.4 Å². The van der Waals surface area contributed by atoms with E-state index in [2.05, 4.69) is 30.4 Å². The molecular formula is C17H18NO2. The van der Waals surface area contributed by atoms with E-state index in [-0.39, 0.29) is 0 Å². The molecule has 0 aliphatic heterocycles. The first-order valence-electron chi connectivity index (χ1n) is 6.61. The molecule has 103 valence electrons. The highest BCUT2D eigenvalue weighted by atomic mass is 16.6. The van der Waals surface area contributed by atoms with E-state index in [0.29, 0.717) is 6.61 Å². The van der Waals surface area contributed by atoms with Crippen LogP contribution in [0.2, 0.25) is 0 Å². The largest absolute Gasteiger partial charge is 0.497 e. The first-order valence-corrected chi connectivity index (χ1v) is 6.61. The molecule has 2 rings (SSSR count). The number of aryl methyl sites for hydroxylation is 1. The normalized spacial score (nSPS) is 10.7. The van der Waals surface area contributed by atoms with Crippen LogP contribution in [0, 0.1) is 0 Å². The van der Waals surface area contributed by atoms with Crippen LogP contribution in [0.4, 0.5) is 0 Å². The van der Waals surface area contributed by atoms with Crippen molar-refractivity contribution in [1.82, 2.24) is 0 Å². The maximum Gasteiger partial charge on any atom is 0.142 e. The smallest absolute Gasteiger partial charge is 0.142 e. The highest BCUT2D eigenvalue weighted by molar-refractivity contribution is 5.79. The monoisotopic (exact) mass is 268 g/mol. The Morgan fingerprint density at radius 1 is 1.05 bits per heavy atom. The van der Waals surface area contributed by atoms with Crippen LogP contribution in [0.15, 0.2) is 53.7 Å². The molecule has 0 atom stereocenters. The van der Waals surface area contributed by atoms with Gasteiger partial charge in [-0.2, -0.15) is 0 Å².